The lowest BCUT2D eigenvalue weighted by molar-refractivity contribution is 0.355. The Kier molecular flexibility index (Phi) is 3.70. The van der Waals surface area contributed by atoms with Gasteiger partial charge in [0.2, 0.25) is 11.2 Å². The van der Waals surface area contributed by atoms with Gasteiger partial charge in [-0.15, -0.1) is 0 Å². The highest BCUT2D eigenvalue weighted by molar-refractivity contribution is 5.82. The second-order valence-electron chi connectivity index (χ2n) is 5.18. The number of rotatable bonds is 3. The molecule has 0 aliphatic rings. The monoisotopic (exact) mass is 312 g/mol. The van der Waals surface area contributed by atoms with Crippen molar-refractivity contribution in [1.29, 1.82) is 0 Å². The third kappa shape index (κ3) is 2.50. The van der Waals surface area contributed by atoms with Crippen LogP contribution < -0.4 is 14.9 Å². The van der Waals surface area contributed by atoms with E-state index in [4.69, 9.17) is 13.9 Å². The second kappa shape index (κ2) is 5.68. The molecule has 3 rings (SSSR count). The first kappa shape index (κ1) is 15.0. The highest BCUT2D eigenvalue weighted by Crippen LogP contribution is 2.36. The molecule has 0 spiro atoms. The van der Waals surface area contributed by atoms with Gasteiger partial charge in [0.1, 0.15) is 5.58 Å². The first-order chi connectivity index (χ1) is 11.0. The van der Waals surface area contributed by atoms with Crippen molar-refractivity contribution in [1.82, 2.24) is 0 Å². The number of fused-ring (bicyclic) bond motifs is 1. The van der Waals surface area contributed by atoms with Gasteiger partial charge >= 0.3 is 0 Å². The smallest absolute Gasteiger partial charge is 0.235 e. The first-order valence-electron chi connectivity index (χ1n) is 7.04. The fourth-order valence-corrected chi connectivity index (χ4v) is 2.46. The van der Waals surface area contributed by atoms with Crippen LogP contribution in [0.3, 0.4) is 0 Å². The van der Waals surface area contributed by atoms with E-state index in [0.29, 0.717) is 28.0 Å². The van der Waals surface area contributed by atoms with Gasteiger partial charge in [0.25, 0.3) is 0 Å². The van der Waals surface area contributed by atoms with Gasteiger partial charge < -0.3 is 19.0 Å². The summed E-state index contributed by atoms with van der Waals surface area (Å²) in [5.74, 6) is 0.716. The van der Waals surface area contributed by atoms with Gasteiger partial charge in [0.05, 0.1) is 19.6 Å². The number of hydrogen-bond acceptors (Lipinski definition) is 5. The SMILES string of the molecule is COc1ccc(-c2oc3cc(C)ccc3c(=O)c2O)cc1OC. The van der Waals surface area contributed by atoms with E-state index in [2.05, 4.69) is 0 Å². The molecule has 0 atom stereocenters. The fraction of sp³-hybridized carbons (Fsp3) is 0.167. The van der Waals surface area contributed by atoms with Crippen LogP contribution in [0.2, 0.25) is 0 Å². The zero-order valence-corrected chi connectivity index (χ0v) is 13.0. The third-order valence-corrected chi connectivity index (χ3v) is 3.67. The van der Waals surface area contributed by atoms with E-state index < -0.39 is 11.2 Å². The van der Waals surface area contributed by atoms with Crippen LogP contribution in [0.15, 0.2) is 45.6 Å². The Balaban J connectivity index is 2.28. The summed E-state index contributed by atoms with van der Waals surface area (Å²) in [7, 11) is 3.05. The highest BCUT2D eigenvalue weighted by atomic mass is 16.5. The molecule has 0 saturated heterocycles. The van der Waals surface area contributed by atoms with Crippen molar-refractivity contribution in [3.05, 3.63) is 52.2 Å². The molecule has 5 nitrogen and oxygen atoms in total. The summed E-state index contributed by atoms with van der Waals surface area (Å²) in [4.78, 5) is 12.3. The number of hydrogen-bond donors (Lipinski definition) is 1. The molecule has 0 amide bonds. The molecule has 5 heteroatoms. The highest BCUT2D eigenvalue weighted by Gasteiger charge is 2.17. The molecule has 2 aromatic carbocycles. The average Bonchev–Trinajstić information content (AvgIpc) is 2.57. The van der Waals surface area contributed by atoms with Crippen LogP contribution in [-0.4, -0.2) is 19.3 Å². The minimum atomic E-state index is -0.462. The van der Waals surface area contributed by atoms with Gasteiger partial charge in [0.15, 0.2) is 17.3 Å². The maximum Gasteiger partial charge on any atom is 0.235 e. The first-order valence-corrected chi connectivity index (χ1v) is 7.04. The molecule has 0 fully saturated rings. The van der Waals surface area contributed by atoms with Crippen LogP contribution in [0.25, 0.3) is 22.3 Å². The molecule has 0 saturated carbocycles. The predicted octanol–water partition coefficient (Wildman–Crippen LogP) is 3.49. The number of methoxy groups -OCH3 is 2. The van der Waals surface area contributed by atoms with Crippen LogP contribution >= 0.6 is 0 Å². The van der Waals surface area contributed by atoms with Crippen molar-refractivity contribution in [3.63, 3.8) is 0 Å². The number of ether oxygens (including phenoxy) is 2. The Morgan fingerprint density at radius 1 is 1.00 bits per heavy atom. The lowest BCUT2D eigenvalue weighted by Gasteiger charge is -2.10. The molecule has 118 valence electrons. The summed E-state index contributed by atoms with van der Waals surface area (Å²) in [5, 5.41) is 10.6. The molecular formula is C18H16O5. The van der Waals surface area contributed by atoms with Crippen LogP contribution in [0, 0.1) is 6.92 Å². The van der Waals surface area contributed by atoms with Gasteiger partial charge in [-0.3, -0.25) is 4.79 Å². The Hall–Kier alpha value is -2.95. The third-order valence-electron chi connectivity index (χ3n) is 3.67. The molecule has 0 aliphatic heterocycles. The van der Waals surface area contributed by atoms with Gasteiger partial charge in [-0.25, -0.2) is 0 Å². The number of aromatic hydroxyl groups is 1. The van der Waals surface area contributed by atoms with Crippen LogP contribution in [-0.2, 0) is 0 Å². The molecule has 23 heavy (non-hydrogen) atoms. The quantitative estimate of drug-likeness (QED) is 0.801. The summed E-state index contributed by atoms with van der Waals surface area (Å²) in [5.41, 5.74) is 1.46. The summed E-state index contributed by atoms with van der Waals surface area (Å²) in [6.45, 7) is 1.91. The molecule has 1 heterocycles. The summed E-state index contributed by atoms with van der Waals surface area (Å²) in [6.07, 6.45) is 0. The predicted molar refractivity (Wildman–Crippen MR) is 87.4 cm³/mol. The Morgan fingerprint density at radius 3 is 2.43 bits per heavy atom. The van der Waals surface area contributed by atoms with Crippen molar-refractivity contribution in [2.75, 3.05) is 14.2 Å². The maximum atomic E-state index is 12.3. The van der Waals surface area contributed by atoms with Crippen molar-refractivity contribution in [3.8, 4) is 28.6 Å². The molecule has 0 aliphatic carbocycles. The second-order valence-corrected chi connectivity index (χ2v) is 5.18. The minimum Gasteiger partial charge on any atom is -0.502 e. The van der Waals surface area contributed by atoms with Crippen molar-refractivity contribution in [2.45, 2.75) is 6.92 Å². The van der Waals surface area contributed by atoms with Crippen LogP contribution in [0.5, 0.6) is 17.2 Å². The molecule has 0 radical (unpaired) electrons. The van der Waals surface area contributed by atoms with E-state index in [1.54, 1.807) is 36.4 Å². The van der Waals surface area contributed by atoms with E-state index in [1.165, 1.54) is 14.2 Å². The Bertz CT molecular complexity index is 940. The molecule has 1 N–H and O–H groups in total. The Labute approximate surface area is 132 Å². The van der Waals surface area contributed by atoms with Crippen molar-refractivity contribution >= 4 is 11.0 Å². The molecule has 0 bridgehead atoms. The fourth-order valence-electron chi connectivity index (χ4n) is 2.46. The summed E-state index contributed by atoms with van der Waals surface area (Å²) in [6, 6.07) is 10.2. The largest absolute Gasteiger partial charge is 0.502 e. The van der Waals surface area contributed by atoms with Crippen LogP contribution in [0.4, 0.5) is 0 Å². The van der Waals surface area contributed by atoms with E-state index in [1.807, 2.05) is 6.92 Å². The Morgan fingerprint density at radius 2 is 1.74 bits per heavy atom. The maximum absolute atomic E-state index is 12.3. The standard InChI is InChI=1S/C18H16O5/c1-10-4-6-12-14(8-10)23-18(17(20)16(12)19)11-5-7-13(21-2)15(9-11)22-3/h4-9,20H,1-3H3. The molecular weight excluding hydrogens is 296 g/mol. The minimum absolute atomic E-state index is 0.106. The van der Waals surface area contributed by atoms with E-state index >= 15 is 0 Å². The van der Waals surface area contributed by atoms with Gasteiger partial charge in [0, 0.05) is 5.56 Å². The lowest BCUT2D eigenvalue weighted by Crippen LogP contribution is -2.02. The van der Waals surface area contributed by atoms with E-state index in [0.717, 1.165) is 5.56 Å². The number of benzene rings is 2. The van der Waals surface area contributed by atoms with Crippen molar-refractivity contribution in [2.24, 2.45) is 0 Å². The molecule has 1 aromatic heterocycles. The zero-order valence-electron chi connectivity index (χ0n) is 13.0. The van der Waals surface area contributed by atoms with Gasteiger partial charge in [-0.2, -0.15) is 0 Å². The lowest BCUT2D eigenvalue weighted by atomic mass is 10.1. The number of aryl methyl sites for hydroxylation is 1. The topological polar surface area (TPSA) is 68.9 Å². The summed E-state index contributed by atoms with van der Waals surface area (Å²) >= 11 is 0. The molecule has 0 unspecified atom stereocenters. The average molecular weight is 312 g/mol. The van der Waals surface area contributed by atoms with Gasteiger partial charge in [-0.05, 0) is 42.8 Å². The zero-order chi connectivity index (χ0) is 16.6. The van der Waals surface area contributed by atoms with Crippen molar-refractivity contribution < 1.29 is 19.0 Å². The van der Waals surface area contributed by atoms with Gasteiger partial charge in [-0.1, -0.05) is 6.07 Å². The van der Waals surface area contributed by atoms with E-state index in [9.17, 15) is 9.90 Å². The normalized spacial score (nSPS) is 10.7. The van der Waals surface area contributed by atoms with E-state index in [-0.39, 0.29) is 5.76 Å². The molecule has 3 aromatic rings. The van der Waals surface area contributed by atoms with Crippen LogP contribution in [0.1, 0.15) is 5.56 Å². The summed E-state index contributed by atoms with van der Waals surface area (Å²) < 4.78 is 16.2.